The first-order chi connectivity index (χ1) is 16.4. The Balaban J connectivity index is 1.56. The van der Waals surface area contributed by atoms with Crippen molar-refractivity contribution in [2.45, 2.75) is 19.8 Å². The predicted octanol–water partition coefficient (Wildman–Crippen LogP) is 6.06. The van der Waals surface area contributed by atoms with Crippen molar-refractivity contribution in [3.05, 3.63) is 102 Å². The first-order valence-corrected chi connectivity index (χ1v) is 11.9. The number of halogens is 1. The molecule has 1 aliphatic heterocycles. The molecule has 4 rings (SSSR count). The molecule has 0 saturated carbocycles. The molecule has 1 heterocycles. The number of thioether (sulfide) groups is 1. The second-order valence-electron chi connectivity index (χ2n) is 8.03. The highest BCUT2D eigenvalue weighted by Crippen LogP contribution is 2.30. The number of hydrogen-bond donors (Lipinski definition) is 1. The summed E-state index contributed by atoms with van der Waals surface area (Å²) in [6.45, 7) is 4.14. The zero-order valence-corrected chi connectivity index (χ0v) is 19.7. The van der Waals surface area contributed by atoms with E-state index < -0.39 is 5.82 Å². The molecular weight excluding hydrogens is 449 g/mol. The first kappa shape index (κ1) is 23.4. The summed E-state index contributed by atoms with van der Waals surface area (Å²) in [7, 11) is 0. The van der Waals surface area contributed by atoms with E-state index in [4.69, 9.17) is 0 Å². The average molecular weight is 474 g/mol. The van der Waals surface area contributed by atoms with Crippen LogP contribution in [0.2, 0.25) is 0 Å². The summed E-state index contributed by atoms with van der Waals surface area (Å²) in [5, 5.41) is 3.32. The molecule has 5 nitrogen and oxygen atoms in total. The second-order valence-corrected chi connectivity index (χ2v) is 8.97. The van der Waals surface area contributed by atoms with Crippen LogP contribution in [-0.2, 0) is 9.59 Å². The smallest absolute Gasteiger partial charge is 0.283 e. The van der Waals surface area contributed by atoms with Crippen LogP contribution in [0.5, 0.6) is 0 Å². The van der Waals surface area contributed by atoms with Crippen LogP contribution < -0.4 is 10.2 Å². The minimum Gasteiger partial charge on any atom is -0.325 e. The van der Waals surface area contributed by atoms with E-state index in [0.29, 0.717) is 10.9 Å². The summed E-state index contributed by atoms with van der Waals surface area (Å²) in [6.07, 6.45) is 1.70. The highest BCUT2D eigenvalue weighted by molar-refractivity contribution is 8.14. The van der Waals surface area contributed by atoms with Gasteiger partial charge in [-0.05, 0) is 53.5 Å². The molecule has 0 unspecified atom stereocenters. The number of amides is 2. The molecule has 7 heteroatoms. The Labute approximate surface area is 202 Å². The Kier molecular flexibility index (Phi) is 7.23. The lowest BCUT2D eigenvalue weighted by atomic mass is 10.0. The largest absolute Gasteiger partial charge is 0.325 e. The SMILES string of the molecule is CC(C)c1ccccc1NC(=O)CSC1=NC(=Cc2ccccc2)C(=O)N1c1ccc(F)cc1. The van der Waals surface area contributed by atoms with Crippen molar-refractivity contribution in [2.24, 2.45) is 4.99 Å². The van der Waals surface area contributed by atoms with Gasteiger partial charge in [0, 0.05) is 5.69 Å². The maximum absolute atomic E-state index is 13.5. The van der Waals surface area contributed by atoms with Crippen molar-refractivity contribution >= 4 is 46.2 Å². The zero-order valence-electron chi connectivity index (χ0n) is 18.9. The van der Waals surface area contributed by atoms with Crippen molar-refractivity contribution in [2.75, 3.05) is 16.0 Å². The Morgan fingerprint density at radius 2 is 1.71 bits per heavy atom. The van der Waals surface area contributed by atoms with E-state index in [9.17, 15) is 14.0 Å². The quantitative estimate of drug-likeness (QED) is 0.443. The molecule has 0 aromatic heterocycles. The Bertz CT molecular complexity index is 1250. The average Bonchev–Trinajstić information content (AvgIpc) is 3.14. The lowest BCUT2D eigenvalue weighted by Crippen LogP contribution is -2.31. The van der Waals surface area contributed by atoms with Gasteiger partial charge in [0.1, 0.15) is 11.5 Å². The number of para-hydroxylation sites is 1. The number of nitrogens with zero attached hydrogens (tertiary/aromatic N) is 2. The number of nitrogens with one attached hydrogen (secondary N) is 1. The van der Waals surface area contributed by atoms with E-state index >= 15 is 0 Å². The maximum Gasteiger partial charge on any atom is 0.283 e. The highest BCUT2D eigenvalue weighted by Gasteiger charge is 2.32. The number of anilines is 2. The van der Waals surface area contributed by atoms with Crippen LogP contribution in [-0.4, -0.2) is 22.7 Å². The van der Waals surface area contributed by atoms with Crippen LogP contribution >= 0.6 is 11.8 Å². The summed E-state index contributed by atoms with van der Waals surface area (Å²) in [4.78, 5) is 31.9. The second kappa shape index (κ2) is 10.5. The molecule has 3 aromatic rings. The topological polar surface area (TPSA) is 61.8 Å². The minimum atomic E-state index is -0.398. The number of carbonyl (C=O) groups excluding carboxylic acids is 2. The van der Waals surface area contributed by atoms with Crippen molar-refractivity contribution in [1.29, 1.82) is 0 Å². The monoisotopic (exact) mass is 473 g/mol. The van der Waals surface area contributed by atoms with Crippen LogP contribution in [0.15, 0.2) is 89.6 Å². The molecule has 0 fully saturated rings. The van der Waals surface area contributed by atoms with Gasteiger partial charge in [-0.15, -0.1) is 0 Å². The van der Waals surface area contributed by atoms with E-state index in [1.54, 1.807) is 6.08 Å². The number of rotatable bonds is 6. The van der Waals surface area contributed by atoms with Gasteiger partial charge < -0.3 is 5.32 Å². The Morgan fingerprint density at radius 3 is 2.41 bits per heavy atom. The van der Waals surface area contributed by atoms with Crippen LogP contribution in [0.3, 0.4) is 0 Å². The molecule has 0 atom stereocenters. The standard InChI is InChI=1S/C27H24FN3O2S/c1-18(2)22-10-6-7-11-23(22)29-25(32)17-34-27-30-24(16-19-8-4-3-5-9-19)26(33)31(27)21-14-12-20(28)13-15-21/h3-16,18H,17H2,1-2H3,(H,29,32). The number of hydrogen-bond acceptors (Lipinski definition) is 4. The lowest BCUT2D eigenvalue weighted by Gasteiger charge is -2.18. The van der Waals surface area contributed by atoms with Gasteiger partial charge in [-0.2, -0.15) is 0 Å². The van der Waals surface area contributed by atoms with Crippen molar-refractivity contribution in [3.63, 3.8) is 0 Å². The number of carbonyl (C=O) groups is 2. The molecule has 0 radical (unpaired) electrons. The molecule has 0 spiro atoms. The third kappa shape index (κ3) is 5.43. The highest BCUT2D eigenvalue weighted by atomic mass is 32.2. The molecule has 1 aliphatic rings. The van der Waals surface area contributed by atoms with Gasteiger partial charge in [-0.25, -0.2) is 9.38 Å². The third-order valence-corrected chi connectivity index (χ3v) is 6.15. The van der Waals surface area contributed by atoms with Gasteiger partial charge >= 0.3 is 0 Å². The fraction of sp³-hybridized carbons (Fsp3) is 0.148. The molecule has 0 bridgehead atoms. The summed E-state index contributed by atoms with van der Waals surface area (Å²) in [5.41, 5.74) is 3.40. The summed E-state index contributed by atoms with van der Waals surface area (Å²) < 4.78 is 13.5. The molecular formula is C27H24FN3O2S. The molecule has 0 saturated heterocycles. The van der Waals surface area contributed by atoms with E-state index in [0.717, 1.165) is 28.6 Å². The molecule has 1 N–H and O–H groups in total. The molecule has 34 heavy (non-hydrogen) atoms. The lowest BCUT2D eigenvalue weighted by molar-refractivity contribution is -0.114. The van der Waals surface area contributed by atoms with E-state index in [1.165, 1.54) is 29.2 Å². The fourth-order valence-electron chi connectivity index (χ4n) is 3.55. The summed E-state index contributed by atoms with van der Waals surface area (Å²) in [6, 6.07) is 22.7. The van der Waals surface area contributed by atoms with Gasteiger partial charge in [0.15, 0.2) is 5.17 Å². The van der Waals surface area contributed by atoms with Crippen molar-refractivity contribution in [3.8, 4) is 0 Å². The van der Waals surface area contributed by atoms with Gasteiger partial charge in [0.25, 0.3) is 5.91 Å². The van der Waals surface area contributed by atoms with Crippen LogP contribution in [0.25, 0.3) is 6.08 Å². The van der Waals surface area contributed by atoms with Crippen molar-refractivity contribution < 1.29 is 14.0 Å². The van der Waals surface area contributed by atoms with Gasteiger partial charge in [0.05, 0.1) is 11.4 Å². The fourth-order valence-corrected chi connectivity index (χ4v) is 4.36. The number of aliphatic imine (C=N–C) groups is 1. The molecule has 2 amide bonds. The van der Waals surface area contributed by atoms with E-state index in [2.05, 4.69) is 24.2 Å². The van der Waals surface area contributed by atoms with Crippen LogP contribution in [0.4, 0.5) is 15.8 Å². The Morgan fingerprint density at radius 1 is 1.03 bits per heavy atom. The molecule has 172 valence electrons. The number of benzene rings is 3. The zero-order chi connectivity index (χ0) is 24.1. The summed E-state index contributed by atoms with van der Waals surface area (Å²) >= 11 is 1.16. The number of amidine groups is 1. The van der Waals surface area contributed by atoms with E-state index in [-0.39, 0.29) is 29.2 Å². The molecule has 0 aliphatic carbocycles. The first-order valence-electron chi connectivity index (χ1n) is 10.9. The van der Waals surface area contributed by atoms with Crippen molar-refractivity contribution in [1.82, 2.24) is 0 Å². The van der Waals surface area contributed by atoms with Gasteiger partial charge in [-0.1, -0.05) is 74.1 Å². The van der Waals surface area contributed by atoms with Crippen LogP contribution in [0.1, 0.15) is 30.9 Å². The minimum absolute atomic E-state index is 0.0643. The third-order valence-electron chi connectivity index (χ3n) is 5.21. The maximum atomic E-state index is 13.5. The normalized spacial score (nSPS) is 14.6. The van der Waals surface area contributed by atoms with E-state index in [1.807, 2.05) is 54.6 Å². The molecule has 3 aromatic carbocycles. The van der Waals surface area contributed by atoms with Crippen LogP contribution in [0, 0.1) is 5.82 Å². The summed E-state index contributed by atoms with van der Waals surface area (Å²) in [5.74, 6) is -0.601. The van der Waals surface area contributed by atoms with Gasteiger partial charge in [-0.3, -0.25) is 14.5 Å². The Hall–Kier alpha value is -3.71. The predicted molar refractivity (Wildman–Crippen MR) is 137 cm³/mol. The van der Waals surface area contributed by atoms with Gasteiger partial charge in [0.2, 0.25) is 5.91 Å².